The van der Waals surface area contributed by atoms with Gasteiger partial charge in [0, 0.05) is 19.7 Å². The Balaban J connectivity index is 1.94. The van der Waals surface area contributed by atoms with Crippen LogP contribution in [0.1, 0.15) is 23.2 Å². The number of hydrogen-bond donors (Lipinski definition) is 2. The smallest absolute Gasteiger partial charge is 0.260 e. The zero-order chi connectivity index (χ0) is 15.2. The summed E-state index contributed by atoms with van der Waals surface area (Å²) >= 11 is 0. The second-order valence-corrected chi connectivity index (χ2v) is 5.18. The molecular formula is C15H20N2O4. The van der Waals surface area contributed by atoms with Crippen molar-refractivity contribution < 1.29 is 19.4 Å². The maximum Gasteiger partial charge on any atom is 0.260 e. The summed E-state index contributed by atoms with van der Waals surface area (Å²) in [4.78, 5) is 25.1. The number of nitrogens with zero attached hydrogens (tertiary/aromatic N) is 1. The average Bonchev–Trinajstić information content (AvgIpc) is 2.52. The lowest BCUT2D eigenvalue weighted by Gasteiger charge is -2.31. The third-order valence-corrected chi connectivity index (χ3v) is 3.63. The first kappa shape index (κ1) is 15.3. The third kappa shape index (κ3) is 3.95. The molecule has 0 spiro atoms. The number of para-hydroxylation sites is 1. The molecule has 1 aromatic carbocycles. The molecule has 0 saturated carbocycles. The van der Waals surface area contributed by atoms with Gasteiger partial charge in [0.1, 0.15) is 5.75 Å². The van der Waals surface area contributed by atoms with Crippen LogP contribution < -0.4 is 10.5 Å². The molecule has 1 unspecified atom stereocenters. The van der Waals surface area contributed by atoms with Gasteiger partial charge in [-0.3, -0.25) is 9.59 Å². The molecule has 1 aliphatic rings. The minimum atomic E-state index is -0.587. The molecule has 2 amide bonds. The number of nitrogens with two attached hydrogens (primary N) is 1. The molecule has 114 valence electrons. The number of carbonyl (C=O) groups is 2. The summed E-state index contributed by atoms with van der Waals surface area (Å²) in [5.74, 6) is -0.279. The predicted molar refractivity (Wildman–Crippen MR) is 76.8 cm³/mol. The number of benzene rings is 1. The summed E-state index contributed by atoms with van der Waals surface area (Å²) in [7, 11) is 0. The van der Waals surface area contributed by atoms with Crippen LogP contribution in [0.2, 0.25) is 0 Å². The van der Waals surface area contributed by atoms with Crippen molar-refractivity contribution in [2.45, 2.75) is 12.8 Å². The third-order valence-electron chi connectivity index (χ3n) is 3.63. The number of carbonyl (C=O) groups excluding carboxylic acids is 2. The highest BCUT2D eigenvalue weighted by Crippen LogP contribution is 2.19. The molecule has 21 heavy (non-hydrogen) atoms. The van der Waals surface area contributed by atoms with Crippen LogP contribution >= 0.6 is 0 Å². The summed E-state index contributed by atoms with van der Waals surface area (Å²) in [6.07, 6.45) is 1.82. The maximum atomic E-state index is 12.1. The molecule has 6 heteroatoms. The van der Waals surface area contributed by atoms with Crippen LogP contribution in [-0.2, 0) is 4.79 Å². The normalized spacial score (nSPS) is 18.3. The molecule has 0 aromatic heterocycles. The number of rotatable bonds is 5. The Bertz CT molecular complexity index is 518. The summed E-state index contributed by atoms with van der Waals surface area (Å²) in [5.41, 5.74) is 5.52. The van der Waals surface area contributed by atoms with E-state index in [1.54, 1.807) is 29.2 Å². The van der Waals surface area contributed by atoms with Gasteiger partial charge in [-0.05, 0) is 30.9 Å². The van der Waals surface area contributed by atoms with E-state index in [9.17, 15) is 14.7 Å². The Morgan fingerprint density at radius 1 is 1.38 bits per heavy atom. The van der Waals surface area contributed by atoms with Crippen molar-refractivity contribution in [2.75, 3.05) is 26.3 Å². The first-order chi connectivity index (χ1) is 10.1. The van der Waals surface area contributed by atoms with Crippen LogP contribution in [-0.4, -0.2) is 48.1 Å². The Morgan fingerprint density at radius 3 is 2.86 bits per heavy atom. The second kappa shape index (κ2) is 7.08. The predicted octanol–water partition coefficient (Wildman–Crippen LogP) is 0.395. The number of aliphatic hydroxyl groups excluding tert-OH is 1. The van der Waals surface area contributed by atoms with E-state index in [-0.39, 0.29) is 30.6 Å². The van der Waals surface area contributed by atoms with E-state index in [0.717, 1.165) is 12.8 Å². The fourth-order valence-electron chi connectivity index (χ4n) is 2.47. The summed E-state index contributed by atoms with van der Waals surface area (Å²) in [6, 6.07) is 6.57. The topological polar surface area (TPSA) is 92.9 Å². The summed E-state index contributed by atoms with van der Waals surface area (Å²) in [5, 5.41) is 9.18. The van der Waals surface area contributed by atoms with Gasteiger partial charge in [0.15, 0.2) is 6.61 Å². The van der Waals surface area contributed by atoms with Crippen LogP contribution in [0.3, 0.4) is 0 Å². The summed E-state index contributed by atoms with van der Waals surface area (Å²) in [6.45, 7) is 1.18. The number of ether oxygens (including phenoxy) is 1. The van der Waals surface area contributed by atoms with Gasteiger partial charge in [-0.2, -0.15) is 0 Å². The zero-order valence-electron chi connectivity index (χ0n) is 11.8. The molecule has 2 rings (SSSR count). The lowest BCUT2D eigenvalue weighted by atomic mass is 9.99. The molecule has 1 fully saturated rings. The van der Waals surface area contributed by atoms with E-state index < -0.39 is 5.91 Å². The Kier molecular flexibility index (Phi) is 5.16. The average molecular weight is 292 g/mol. The van der Waals surface area contributed by atoms with E-state index >= 15 is 0 Å². The van der Waals surface area contributed by atoms with Crippen molar-refractivity contribution in [3.05, 3.63) is 29.8 Å². The van der Waals surface area contributed by atoms with Gasteiger partial charge in [0.05, 0.1) is 5.56 Å². The Morgan fingerprint density at radius 2 is 2.14 bits per heavy atom. The van der Waals surface area contributed by atoms with Crippen molar-refractivity contribution in [3.63, 3.8) is 0 Å². The van der Waals surface area contributed by atoms with Crippen LogP contribution in [0.5, 0.6) is 5.75 Å². The van der Waals surface area contributed by atoms with Gasteiger partial charge in [-0.25, -0.2) is 0 Å². The van der Waals surface area contributed by atoms with E-state index in [0.29, 0.717) is 18.8 Å². The van der Waals surface area contributed by atoms with Crippen molar-refractivity contribution >= 4 is 11.8 Å². The van der Waals surface area contributed by atoms with Crippen LogP contribution in [0.4, 0.5) is 0 Å². The highest BCUT2D eigenvalue weighted by atomic mass is 16.5. The monoisotopic (exact) mass is 292 g/mol. The number of likely N-dealkylation sites (tertiary alicyclic amines) is 1. The fraction of sp³-hybridized carbons (Fsp3) is 0.467. The van der Waals surface area contributed by atoms with Gasteiger partial charge in [-0.15, -0.1) is 0 Å². The molecule has 1 atom stereocenters. The minimum absolute atomic E-state index is 0.0924. The van der Waals surface area contributed by atoms with Gasteiger partial charge in [-0.1, -0.05) is 12.1 Å². The van der Waals surface area contributed by atoms with Crippen LogP contribution in [0.15, 0.2) is 24.3 Å². The van der Waals surface area contributed by atoms with Gasteiger partial charge >= 0.3 is 0 Å². The molecule has 3 N–H and O–H groups in total. The number of amides is 2. The van der Waals surface area contributed by atoms with Gasteiger partial charge in [0.2, 0.25) is 0 Å². The van der Waals surface area contributed by atoms with Crippen molar-refractivity contribution in [1.29, 1.82) is 0 Å². The molecule has 1 aliphatic heterocycles. The number of aliphatic hydroxyl groups is 1. The molecular weight excluding hydrogens is 272 g/mol. The number of hydrogen-bond acceptors (Lipinski definition) is 4. The quantitative estimate of drug-likeness (QED) is 0.821. The first-order valence-electron chi connectivity index (χ1n) is 7.02. The van der Waals surface area contributed by atoms with Crippen LogP contribution in [0, 0.1) is 5.92 Å². The van der Waals surface area contributed by atoms with Crippen molar-refractivity contribution in [3.8, 4) is 5.75 Å². The molecule has 0 bridgehead atoms. The second-order valence-electron chi connectivity index (χ2n) is 5.18. The van der Waals surface area contributed by atoms with Crippen molar-refractivity contribution in [2.24, 2.45) is 11.7 Å². The van der Waals surface area contributed by atoms with E-state index in [1.165, 1.54) is 0 Å². The van der Waals surface area contributed by atoms with E-state index in [4.69, 9.17) is 10.5 Å². The molecule has 0 radical (unpaired) electrons. The maximum absolute atomic E-state index is 12.1. The molecule has 1 aromatic rings. The largest absolute Gasteiger partial charge is 0.483 e. The lowest BCUT2D eigenvalue weighted by molar-refractivity contribution is -0.135. The first-order valence-corrected chi connectivity index (χ1v) is 7.02. The lowest BCUT2D eigenvalue weighted by Crippen LogP contribution is -2.43. The minimum Gasteiger partial charge on any atom is -0.483 e. The number of primary amides is 1. The van der Waals surface area contributed by atoms with E-state index in [1.807, 2.05) is 0 Å². The SMILES string of the molecule is NC(=O)c1ccccc1OCC(=O)N1CCCC(CO)C1. The molecule has 6 nitrogen and oxygen atoms in total. The standard InChI is InChI=1S/C15H20N2O4/c16-15(20)12-5-1-2-6-13(12)21-10-14(19)17-7-3-4-11(8-17)9-18/h1-2,5-6,11,18H,3-4,7-10H2,(H2,16,20). The zero-order valence-corrected chi connectivity index (χ0v) is 11.8. The summed E-state index contributed by atoms with van der Waals surface area (Å²) < 4.78 is 5.43. The Hall–Kier alpha value is -2.08. The molecule has 1 heterocycles. The highest BCUT2D eigenvalue weighted by molar-refractivity contribution is 5.95. The van der Waals surface area contributed by atoms with E-state index in [2.05, 4.69) is 0 Å². The molecule has 1 saturated heterocycles. The van der Waals surface area contributed by atoms with Crippen molar-refractivity contribution in [1.82, 2.24) is 4.90 Å². The Labute approximate surface area is 123 Å². The fourth-order valence-corrected chi connectivity index (χ4v) is 2.47. The van der Waals surface area contributed by atoms with Gasteiger partial charge in [0.25, 0.3) is 11.8 Å². The number of piperidine rings is 1. The molecule has 0 aliphatic carbocycles. The van der Waals surface area contributed by atoms with Gasteiger partial charge < -0.3 is 20.5 Å². The highest BCUT2D eigenvalue weighted by Gasteiger charge is 2.23. The van der Waals surface area contributed by atoms with Crippen LogP contribution in [0.25, 0.3) is 0 Å².